The predicted octanol–water partition coefficient (Wildman–Crippen LogP) is 1.84. The zero-order chi connectivity index (χ0) is 12.5. The van der Waals surface area contributed by atoms with Gasteiger partial charge in [-0.1, -0.05) is 0 Å². The third-order valence-corrected chi connectivity index (χ3v) is 3.32. The fourth-order valence-corrected chi connectivity index (χ4v) is 2.44. The van der Waals surface area contributed by atoms with Crippen LogP contribution in [0.4, 0.5) is 0 Å². The molecule has 0 spiro atoms. The minimum absolute atomic E-state index is 0.260. The Bertz CT molecular complexity index is 604. The Morgan fingerprint density at radius 3 is 3.00 bits per heavy atom. The highest BCUT2D eigenvalue weighted by atomic mass is 16.4. The van der Waals surface area contributed by atoms with E-state index in [0.29, 0.717) is 5.69 Å². The van der Waals surface area contributed by atoms with E-state index >= 15 is 0 Å². The SMILES string of the molecule is O=C(O)c1ccncc1-n1cnc2c1CCCC2. The summed E-state index contributed by atoms with van der Waals surface area (Å²) in [5, 5.41) is 9.21. The summed E-state index contributed by atoms with van der Waals surface area (Å²) >= 11 is 0. The van der Waals surface area contributed by atoms with E-state index in [0.717, 1.165) is 37.1 Å². The van der Waals surface area contributed by atoms with Crippen molar-refractivity contribution in [3.8, 4) is 5.69 Å². The minimum Gasteiger partial charge on any atom is -0.478 e. The molecule has 0 bridgehead atoms. The number of fused-ring (bicyclic) bond motifs is 1. The Hall–Kier alpha value is -2.17. The topological polar surface area (TPSA) is 68.0 Å². The monoisotopic (exact) mass is 243 g/mol. The highest BCUT2D eigenvalue weighted by Crippen LogP contribution is 2.24. The van der Waals surface area contributed by atoms with Gasteiger partial charge in [-0.15, -0.1) is 0 Å². The lowest BCUT2D eigenvalue weighted by Crippen LogP contribution is -2.10. The van der Waals surface area contributed by atoms with E-state index in [-0.39, 0.29) is 5.56 Å². The van der Waals surface area contributed by atoms with Crippen LogP contribution >= 0.6 is 0 Å². The molecule has 0 aliphatic heterocycles. The first kappa shape index (κ1) is 11.0. The second-order valence-corrected chi connectivity index (χ2v) is 4.41. The first-order chi connectivity index (χ1) is 8.77. The van der Waals surface area contributed by atoms with Crippen LogP contribution in [0.25, 0.3) is 5.69 Å². The van der Waals surface area contributed by atoms with Crippen molar-refractivity contribution in [2.24, 2.45) is 0 Å². The summed E-state index contributed by atoms with van der Waals surface area (Å²) in [6.07, 6.45) is 8.99. The smallest absolute Gasteiger partial charge is 0.337 e. The second kappa shape index (κ2) is 4.25. The Kier molecular flexibility index (Phi) is 2.59. The maximum atomic E-state index is 11.2. The van der Waals surface area contributed by atoms with Crippen molar-refractivity contribution in [1.82, 2.24) is 14.5 Å². The van der Waals surface area contributed by atoms with Crippen LogP contribution < -0.4 is 0 Å². The molecular formula is C13H13N3O2. The molecule has 18 heavy (non-hydrogen) atoms. The standard InChI is InChI=1S/C13H13N3O2/c17-13(18)9-5-6-14-7-12(9)16-8-15-10-3-1-2-4-11(10)16/h5-8H,1-4H2,(H,17,18). The zero-order valence-corrected chi connectivity index (χ0v) is 9.83. The van der Waals surface area contributed by atoms with Gasteiger partial charge in [-0.2, -0.15) is 0 Å². The molecule has 0 fully saturated rings. The molecule has 0 aromatic carbocycles. The molecule has 5 heteroatoms. The van der Waals surface area contributed by atoms with E-state index < -0.39 is 5.97 Å². The third kappa shape index (κ3) is 1.68. The number of hydrogen-bond donors (Lipinski definition) is 1. The lowest BCUT2D eigenvalue weighted by Gasteiger charge is -2.14. The van der Waals surface area contributed by atoms with Crippen molar-refractivity contribution in [1.29, 1.82) is 0 Å². The van der Waals surface area contributed by atoms with Crippen LogP contribution in [0.2, 0.25) is 0 Å². The van der Waals surface area contributed by atoms with Crippen molar-refractivity contribution >= 4 is 5.97 Å². The quantitative estimate of drug-likeness (QED) is 0.873. The number of rotatable bonds is 2. The van der Waals surface area contributed by atoms with Gasteiger partial charge in [0.1, 0.15) is 0 Å². The van der Waals surface area contributed by atoms with E-state index in [9.17, 15) is 9.90 Å². The third-order valence-electron chi connectivity index (χ3n) is 3.32. The fourth-order valence-electron chi connectivity index (χ4n) is 2.44. The maximum absolute atomic E-state index is 11.2. The Labute approximate surface area is 104 Å². The highest BCUT2D eigenvalue weighted by molar-refractivity contribution is 5.91. The van der Waals surface area contributed by atoms with Gasteiger partial charge < -0.3 is 9.67 Å². The highest BCUT2D eigenvalue weighted by Gasteiger charge is 2.19. The number of carboxylic acids is 1. The van der Waals surface area contributed by atoms with Gasteiger partial charge in [0.2, 0.25) is 0 Å². The normalized spacial score (nSPS) is 14.2. The van der Waals surface area contributed by atoms with Crippen LogP contribution in [0, 0.1) is 0 Å². The fraction of sp³-hybridized carbons (Fsp3) is 0.308. The van der Waals surface area contributed by atoms with Crippen LogP contribution in [-0.4, -0.2) is 25.6 Å². The summed E-state index contributed by atoms with van der Waals surface area (Å²) in [6, 6.07) is 1.52. The molecule has 3 rings (SSSR count). The van der Waals surface area contributed by atoms with Gasteiger partial charge in [0.25, 0.3) is 0 Å². The molecular weight excluding hydrogens is 230 g/mol. The number of imidazole rings is 1. The van der Waals surface area contributed by atoms with Crippen molar-refractivity contribution in [2.45, 2.75) is 25.7 Å². The van der Waals surface area contributed by atoms with Crippen LogP contribution in [0.15, 0.2) is 24.8 Å². The van der Waals surface area contributed by atoms with Gasteiger partial charge >= 0.3 is 5.97 Å². The van der Waals surface area contributed by atoms with Gasteiger partial charge in [0.15, 0.2) is 0 Å². The molecule has 0 saturated heterocycles. The van der Waals surface area contributed by atoms with Gasteiger partial charge in [0.05, 0.1) is 29.5 Å². The molecule has 0 radical (unpaired) electrons. The van der Waals surface area contributed by atoms with E-state index in [4.69, 9.17) is 0 Å². The van der Waals surface area contributed by atoms with Gasteiger partial charge in [-0.25, -0.2) is 9.78 Å². The van der Waals surface area contributed by atoms with Crippen LogP contribution in [0.5, 0.6) is 0 Å². The Morgan fingerprint density at radius 1 is 1.33 bits per heavy atom. The molecule has 1 aliphatic carbocycles. The summed E-state index contributed by atoms with van der Waals surface area (Å²) in [4.78, 5) is 19.6. The van der Waals surface area contributed by atoms with E-state index in [1.54, 1.807) is 12.5 Å². The maximum Gasteiger partial charge on any atom is 0.337 e. The number of nitrogens with zero attached hydrogens (tertiary/aromatic N) is 3. The molecule has 2 aromatic rings. The van der Waals surface area contributed by atoms with Gasteiger partial charge in [0, 0.05) is 11.9 Å². The number of aryl methyl sites for hydroxylation is 1. The minimum atomic E-state index is -0.939. The van der Waals surface area contributed by atoms with Crippen molar-refractivity contribution in [3.05, 3.63) is 41.7 Å². The van der Waals surface area contributed by atoms with Crippen LogP contribution in [-0.2, 0) is 12.8 Å². The summed E-state index contributed by atoms with van der Waals surface area (Å²) < 4.78 is 1.87. The molecule has 2 heterocycles. The number of pyridine rings is 1. The van der Waals surface area contributed by atoms with Crippen LogP contribution in [0.1, 0.15) is 34.6 Å². The Morgan fingerprint density at radius 2 is 2.17 bits per heavy atom. The number of carbonyl (C=O) groups is 1. The summed E-state index contributed by atoms with van der Waals surface area (Å²) in [5.41, 5.74) is 3.06. The largest absolute Gasteiger partial charge is 0.478 e. The van der Waals surface area contributed by atoms with Gasteiger partial charge in [-0.05, 0) is 31.7 Å². The zero-order valence-electron chi connectivity index (χ0n) is 9.83. The first-order valence-corrected chi connectivity index (χ1v) is 6.00. The van der Waals surface area contributed by atoms with Gasteiger partial charge in [-0.3, -0.25) is 4.98 Å². The number of carboxylic acid groups (broad SMARTS) is 1. The molecule has 0 amide bonds. The molecule has 1 aliphatic rings. The van der Waals surface area contributed by atoms with Crippen molar-refractivity contribution in [3.63, 3.8) is 0 Å². The molecule has 5 nitrogen and oxygen atoms in total. The molecule has 92 valence electrons. The second-order valence-electron chi connectivity index (χ2n) is 4.41. The molecule has 1 N–H and O–H groups in total. The number of hydrogen-bond acceptors (Lipinski definition) is 3. The van der Waals surface area contributed by atoms with Crippen molar-refractivity contribution < 1.29 is 9.90 Å². The molecule has 0 unspecified atom stereocenters. The van der Waals surface area contributed by atoms with E-state index in [1.165, 1.54) is 12.3 Å². The number of aromatic nitrogens is 3. The first-order valence-electron chi connectivity index (χ1n) is 6.00. The molecule has 2 aromatic heterocycles. The summed E-state index contributed by atoms with van der Waals surface area (Å²) in [6.45, 7) is 0. The van der Waals surface area contributed by atoms with E-state index in [2.05, 4.69) is 9.97 Å². The average Bonchev–Trinajstić information content (AvgIpc) is 2.82. The Balaban J connectivity index is 2.15. The predicted molar refractivity (Wildman–Crippen MR) is 65.0 cm³/mol. The number of aromatic carboxylic acids is 1. The lowest BCUT2D eigenvalue weighted by atomic mass is 10.0. The summed E-state index contributed by atoms with van der Waals surface area (Å²) in [7, 11) is 0. The van der Waals surface area contributed by atoms with Crippen LogP contribution in [0.3, 0.4) is 0 Å². The molecule has 0 atom stereocenters. The molecule has 0 saturated carbocycles. The lowest BCUT2D eigenvalue weighted by molar-refractivity contribution is 0.0696. The summed E-state index contributed by atoms with van der Waals surface area (Å²) in [5.74, 6) is -0.939. The average molecular weight is 243 g/mol. The van der Waals surface area contributed by atoms with E-state index in [1.807, 2.05) is 4.57 Å². The van der Waals surface area contributed by atoms with Crippen molar-refractivity contribution in [2.75, 3.05) is 0 Å².